The van der Waals surface area contributed by atoms with Crippen molar-refractivity contribution in [1.82, 2.24) is 20.6 Å². The van der Waals surface area contributed by atoms with E-state index in [1.807, 2.05) is 32.4 Å². The molecule has 0 fully saturated rings. The lowest BCUT2D eigenvalue weighted by Crippen LogP contribution is -2.42. The van der Waals surface area contributed by atoms with Crippen molar-refractivity contribution in [2.75, 3.05) is 0 Å². The van der Waals surface area contributed by atoms with Gasteiger partial charge in [-0.1, -0.05) is 13.8 Å². The molecule has 1 aromatic heterocycles. The van der Waals surface area contributed by atoms with Gasteiger partial charge < -0.3 is 4.74 Å². The molecule has 0 saturated carbocycles. The molecular formula is C21H30N4O3. The second-order valence-electron chi connectivity index (χ2n) is 7.60. The van der Waals surface area contributed by atoms with Gasteiger partial charge in [0.05, 0.1) is 18.2 Å². The lowest BCUT2D eigenvalue weighted by Gasteiger charge is -2.11. The van der Waals surface area contributed by atoms with Crippen LogP contribution in [-0.2, 0) is 17.8 Å². The van der Waals surface area contributed by atoms with Gasteiger partial charge in [0, 0.05) is 23.4 Å². The predicted molar refractivity (Wildman–Crippen MR) is 108 cm³/mol. The van der Waals surface area contributed by atoms with Crippen LogP contribution in [-0.4, -0.2) is 27.7 Å². The van der Waals surface area contributed by atoms with Gasteiger partial charge in [-0.3, -0.25) is 25.1 Å². The van der Waals surface area contributed by atoms with Crippen LogP contribution < -0.4 is 15.6 Å². The van der Waals surface area contributed by atoms with E-state index in [1.54, 1.807) is 24.3 Å². The molecule has 0 aliphatic carbocycles. The van der Waals surface area contributed by atoms with Gasteiger partial charge in [0.25, 0.3) is 5.91 Å². The number of carbonyl (C=O) groups excluding carboxylic acids is 2. The first-order valence-electron chi connectivity index (χ1n) is 9.56. The fourth-order valence-corrected chi connectivity index (χ4v) is 2.87. The number of nitrogens with one attached hydrogen (secondary N) is 2. The maximum atomic E-state index is 12.3. The molecular weight excluding hydrogens is 356 g/mol. The van der Waals surface area contributed by atoms with Crippen LogP contribution in [0.5, 0.6) is 5.75 Å². The Balaban J connectivity index is 1.92. The van der Waals surface area contributed by atoms with Crippen LogP contribution in [0.4, 0.5) is 0 Å². The van der Waals surface area contributed by atoms with Gasteiger partial charge in [-0.2, -0.15) is 5.10 Å². The summed E-state index contributed by atoms with van der Waals surface area (Å²) in [5, 5.41) is 4.51. The summed E-state index contributed by atoms with van der Waals surface area (Å²) in [7, 11) is 0. The van der Waals surface area contributed by atoms with Crippen molar-refractivity contribution in [2.24, 2.45) is 5.92 Å². The van der Waals surface area contributed by atoms with Gasteiger partial charge in [-0.05, 0) is 57.9 Å². The number of hydrogen-bond acceptors (Lipinski definition) is 4. The van der Waals surface area contributed by atoms with E-state index in [1.165, 1.54) is 0 Å². The monoisotopic (exact) mass is 386 g/mol. The molecule has 0 unspecified atom stereocenters. The molecule has 2 aromatic rings. The maximum Gasteiger partial charge on any atom is 0.269 e. The maximum absolute atomic E-state index is 12.3. The van der Waals surface area contributed by atoms with Crippen LogP contribution in [0.1, 0.15) is 55.0 Å². The largest absolute Gasteiger partial charge is 0.491 e. The molecule has 1 aromatic carbocycles. The van der Waals surface area contributed by atoms with Crippen LogP contribution in [0.25, 0.3) is 0 Å². The predicted octanol–water partition coefficient (Wildman–Crippen LogP) is 2.95. The quantitative estimate of drug-likeness (QED) is 0.717. The number of carbonyl (C=O) groups is 2. The smallest absolute Gasteiger partial charge is 0.269 e. The summed E-state index contributed by atoms with van der Waals surface area (Å²) in [4.78, 5) is 24.5. The van der Waals surface area contributed by atoms with Gasteiger partial charge in [0.1, 0.15) is 5.75 Å². The third kappa shape index (κ3) is 5.84. The van der Waals surface area contributed by atoms with E-state index >= 15 is 0 Å². The summed E-state index contributed by atoms with van der Waals surface area (Å²) in [6, 6.07) is 6.77. The van der Waals surface area contributed by atoms with E-state index in [-0.39, 0.29) is 24.3 Å². The van der Waals surface area contributed by atoms with Crippen molar-refractivity contribution in [3.8, 4) is 5.75 Å². The molecule has 0 spiro atoms. The molecule has 2 amide bonds. The van der Waals surface area contributed by atoms with E-state index in [2.05, 4.69) is 29.8 Å². The van der Waals surface area contributed by atoms with Gasteiger partial charge in [0.2, 0.25) is 5.91 Å². The van der Waals surface area contributed by atoms with Crippen molar-refractivity contribution in [3.63, 3.8) is 0 Å². The second-order valence-corrected chi connectivity index (χ2v) is 7.60. The van der Waals surface area contributed by atoms with Crippen LogP contribution in [0, 0.1) is 19.8 Å². The van der Waals surface area contributed by atoms with E-state index in [0.29, 0.717) is 17.2 Å². The first-order chi connectivity index (χ1) is 13.2. The summed E-state index contributed by atoms with van der Waals surface area (Å²) < 4.78 is 7.48. The van der Waals surface area contributed by atoms with E-state index in [0.717, 1.165) is 23.5 Å². The molecule has 152 valence electrons. The Labute approximate surface area is 166 Å². The first kappa shape index (κ1) is 21.5. The number of hydrogen-bond donors (Lipinski definition) is 2. The molecule has 0 atom stereocenters. The molecule has 28 heavy (non-hydrogen) atoms. The highest BCUT2D eigenvalue weighted by molar-refractivity contribution is 5.95. The standard InChI is InChI=1S/C21H30N4O3/c1-13(2)12-25-16(6)19(15(5)24-25)11-20(26)22-23-21(27)17-7-9-18(10-8-17)28-14(3)4/h7-10,13-14H,11-12H2,1-6H3,(H,22,26)(H,23,27). The SMILES string of the molecule is Cc1nn(CC(C)C)c(C)c1CC(=O)NNC(=O)c1ccc(OC(C)C)cc1. The number of amides is 2. The summed E-state index contributed by atoms with van der Waals surface area (Å²) >= 11 is 0. The highest BCUT2D eigenvalue weighted by Gasteiger charge is 2.16. The average molecular weight is 386 g/mol. The highest BCUT2D eigenvalue weighted by atomic mass is 16.5. The molecule has 0 aliphatic heterocycles. The molecule has 0 aliphatic rings. The molecule has 7 heteroatoms. The summed E-state index contributed by atoms with van der Waals surface area (Å²) in [6.07, 6.45) is 0.229. The van der Waals surface area contributed by atoms with Gasteiger partial charge in [-0.25, -0.2) is 0 Å². The molecule has 0 radical (unpaired) electrons. The Bertz CT molecular complexity index is 823. The Morgan fingerprint density at radius 3 is 2.29 bits per heavy atom. The fourth-order valence-electron chi connectivity index (χ4n) is 2.87. The zero-order valence-corrected chi connectivity index (χ0v) is 17.5. The zero-order valence-electron chi connectivity index (χ0n) is 17.5. The normalized spacial score (nSPS) is 11.0. The van der Waals surface area contributed by atoms with Crippen molar-refractivity contribution in [3.05, 3.63) is 46.8 Å². The minimum absolute atomic E-state index is 0.0655. The molecule has 7 nitrogen and oxygen atoms in total. The topological polar surface area (TPSA) is 85.3 Å². The average Bonchev–Trinajstić information content (AvgIpc) is 2.86. The van der Waals surface area contributed by atoms with Gasteiger partial charge in [0.15, 0.2) is 0 Å². The minimum Gasteiger partial charge on any atom is -0.491 e. The molecule has 0 saturated heterocycles. The molecule has 2 rings (SSSR count). The summed E-state index contributed by atoms with van der Waals surface area (Å²) in [6.45, 7) is 12.8. The van der Waals surface area contributed by atoms with Gasteiger partial charge >= 0.3 is 0 Å². The number of hydrazine groups is 1. The number of nitrogens with zero attached hydrogens (tertiary/aromatic N) is 2. The highest BCUT2D eigenvalue weighted by Crippen LogP contribution is 2.16. The van der Waals surface area contributed by atoms with E-state index in [4.69, 9.17) is 4.74 Å². The zero-order chi connectivity index (χ0) is 20.8. The molecule has 0 bridgehead atoms. The van der Waals surface area contributed by atoms with E-state index in [9.17, 15) is 9.59 Å². The van der Waals surface area contributed by atoms with E-state index < -0.39 is 0 Å². The Hall–Kier alpha value is -2.83. The number of benzene rings is 1. The third-order valence-electron chi connectivity index (χ3n) is 4.21. The Kier molecular flexibility index (Phi) is 7.20. The van der Waals surface area contributed by atoms with Crippen molar-refractivity contribution < 1.29 is 14.3 Å². The first-order valence-corrected chi connectivity index (χ1v) is 9.56. The third-order valence-corrected chi connectivity index (χ3v) is 4.21. The minimum atomic E-state index is -0.381. The van der Waals surface area contributed by atoms with Crippen LogP contribution >= 0.6 is 0 Å². The summed E-state index contributed by atoms with van der Waals surface area (Å²) in [5.74, 6) is 0.494. The van der Waals surface area contributed by atoms with Crippen molar-refractivity contribution in [1.29, 1.82) is 0 Å². The summed E-state index contributed by atoms with van der Waals surface area (Å²) in [5.41, 5.74) is 8.07. The Morgan fingerprint density at radius 2 is 1.71 bits per heavy atom. The number of aromatic nitrogens is 2. The fraction of sp³-hybridized carbons (Fsp3) is 0.476. The Morgan fingerprint density at radius 1 is 1.07 bits per heavy atom. The lowest BCUT2D eigenvalue weighted by molar-refractivity contribution is -0.121. The number of rotatable bonds is 7. The van der Waals surface area contributed by atoms with Crippen molar-refractivity contribution in [2.45, 2.75) is 60.6 Å². The number of ether oxygens (including phenoxy) is 1. The molecule has 2 N–H and O–H groups in total. The number of aryl methyl sites for hydroxylation is 1. The van der Waals surface area contributed by atoms with Crippen LogP contribution in [0.2, 0.25) is 0 Å². The second kappa shape index (κ2) is 9.39. The van der Waals surface area contributed by atoms with Gasteiger partial charge in [-0.15, -0.1) is 0 Å². The van der Waals surface area contributed by atoms with Crippen LogP contribution in [0.15, 0.2) is 24.3 Å². The lowest BCUT2D eigenvalue weighted by atomic mass is 10.1. The van der Waals surface area contributed by atoms with Crippen LogP contribution in [0.3, 0.4) is 0 Å². The molecule has 1 heterocycles. The van der Waals surface area contributed by atoms with Crippen molar-refractivity contribution >= 4 is 11.8 Å².